The SMILES string of the molecule is COC(=O)c1ccccc1C(CCCCCCCCCCCCCCCCCCCCCCCCCCCCCC(=O)O)(C(=O)O)c1ccccc1C(=O)OC. The first kappa shape index (κ1) is 48.5. The van der Waals surface area contributed by atoms with Crippen molar-refractivity contribution in [2.24, 2.45) is 0 Å². The van der Waals surface area contributed by atoms with Gasteiger partial charge in [0.05, 0.1) is 25.3 Å². The van der Waals surface area contributed by atoms with E-state index in [1.54, 1.807) is 48.5 Å². The molecule has 0 aliphatic heterocycles. The van der Waals surface area contributed by atoms with E-state index in [9.17, 15) is 24.3 Å². The first-order valence-electron chi connectivity index (χ1n) is 22.1. The van der Waals surface area contributed by atoms with Crippen LogP contribution in [0.3, 0.4) is 0 Å². The molecule has 0 radical (unpaired) electrons. The van der Waals surface area contributed by atoms with Gasteiger partial charge in [0.1, 0.15) is 5.41 Å². The molecule has 0 aliphatic rings. The van der Waals surface area contributed by atoms with Gasteiger partial charge in [0.15, 0.2) is 0 Å². The number of carboxylic acid groups (broad SMARTS) is 2. The van der Waals surface area contributed by atoms with E-state index < -0.39 is 29.3 Å². The largest absolute Gasteiger partial charge is 0.481 e. The van der Waals surface area contributed by atoms with Crippen LogP contribution in [0.1, 0.15) is 218 Å². The molecule has 0 aromatic heterocycles. The van der Waals surface area contributed by atoms with E-state index >= 15 is 0 Å². The first-order valence-corrected chi connectivity index (χ1v) is 22.1. The molecule has 0 atom stereocenters. The minimum Gasteiger partial charge on any atom is -0.481 e. The molecule has 2 rings (SSSR count). The third-order valence-corrected chi connectivity index (χ3v) is 11.4. The molecule has 0 saturated heterocycles. The molecule has 0 heterocycles. The zero-order chi connectivity index (χ0) is 40.7. The van der Waals surface area contributed by atoms with Crippen LogP contribution in [0.4, 0.5) is 0 Å². The predicted molar refractivity (Wildman–Crippen MR) is 226 cm³/mol. The maximum absolute atomic E-state index is 13.3. The Morgan fingerprint density at radius 2 is 0.696 bits per heavy atom. The van der Waals surface area contributed by atoms with E-state index in [2.05, 4.69) is 0 Å². The van der Waals surface area contributed by atoms with Gasteiger partial charge >= 0.3 is 23.9 Å². The summed E-state index contributed by atoms with van der Waals surface area (Å²) in [7, 11) is 2.56. The monoisotopic (exact) mass is 779 g/mol. The number of aliphatic carboxylic acids is 2. The summed E-state index contributed by atoms with van der Waals surface area (Å²) in [6.45, 7) is 0. The molecule has 0 aliphatic carbocycles. The highest BCUT2D eigenvalue weighted by Crippen LogP contribution is 2.42. The van der Waals surface area contributed by atoms with Crippen molar-refractivity contribution in [3.63, 3.8) is 0 Å². The quantitative estimate of drug-likeness (QED) is 0.0523. The van der Waals surface area contributed by atoms with Crippen molar-refractivity contribution in [2.45, 2.75) is 192 Å². The van der Waals surface area contributed by atoms with Gasteiger partial charge in [-0.05, 0) is 36.1 Å². The highest BCUT2D eigenvalue weighted by molar-refractivity contribution is 5.99. The molecule has 2 N–H and O–H groups in total. The summed E-state index contributed by atoms with van der Waals surface area (Å²) >= 11 is 0. The molecule has 0 unspecified atom stereocenters. The molecule has 0 saturated carbocycles. The average molecular weight is 779 g/mol. The lowest BCUT2D eigenvalue weighted by molar-refractivity contribution is -0.142. The number of ether oxygens (including phenoxy) is 2. The van der Waals surface area contributed by atoms with Crippen molar-refractivity contribution in [3.8, 4) is 0 Å². The molecule has 8 nitrogen and oxygen atoms in total. The fourth-order valence-corrected chi connectivity index (χ4v) is 8.12. The number of carbonyl (C=O) groups excluding carboxylic acids is 2. The Kier molecular flexibility index (Phi) is 26.4. The van der Waals surface area contributed by atoms with E-state index in [0.717, 1.165) is 32.1 Å². The van der Waals surface area contributed by atoms with Gasteiger partial charge in [-0.3, -0.25) is 9.59 Å². The van der Waals surface area contributed by atoms with Crippen LogP contribution < -0.4 is 0 Å². The molecule has 0 spiro atoms. The maximum Gasteiger partial charge on any atom is 0.338 e. The summed E-state index contributed by atoms with van der Waals surface area (Å²) < 4.78 is 10.0. The van der Waals surface area contributed by atoms with Crippen LogP contribution in [0, 0.1) is 0 Å². The molecule has 0 amide bonds. The molecule has 0 bridgehead atoms. The highest BCUT2D eigenvalue weighted by atomic mass is 16.5. The van der Waals surface area contributed by atoms with Gasteiger partial charge in [-0.2, -0.15) is 0 Å². The van der Waals surface area contributed by atoms with Crippen LogP contribution in [0.15, 0.2) is 48.5 Å². The standard InChI is InChI=1S/C48H74O8/c1-55-45(51)40-34-29-31-36-42(40)48(47(53)54,43-37-32-30-35-41(43)46(52)56-2)39-33-27-25-23-21-19-17-15-13-11-9-7-5-3-4-6-8-10-12-14-16-18-20-22-24-26-28-38-44(49)50/h29-32,34-37H,3-28,33,38-39H2,1-2H3,(H,49,50)(H,53,54). The minimum atomic E-state index is -1.63. The van der Waals surface area contributed by atoms with E-state index in [-0.39, 0.29) is 17.5 Å². The van der Waals surface area contributed by atoms with E-state index in [4.69, 9.17) is 14.6 Å². The maximum atomic E-state index is 13.3. The third kappa shape index (κ3) is 18.5. The summed E-state index contributed by atoms with van der Waals surface area (Å²) in [5.41, 5.74) is -0.652. The number of hydrogen-bond acceptors (Lipinski definition) is 6. The Bertz CT molecular complexity index is 1330. The van der Waals surface area contributed by atoms with Crippen LogP contribution >= 0.6 is 0 Å². The van der Waals surface area contributed by atoms with Crippen molar-refractivity contribution < 1.29 is 38.9 Å². The number of carboxylic acids is 2. The summed E-state index contributed by atoms with van der Waals surface area (Å²) in [6.07, 6.45) is 33.9. The number of benzene rings is 2. The normalized spacial score (nSPS) is 11.4. The lowest BCUT2D eigenvalue weighted by atomic mass is 9.68. The number of hydrogen-bond donors (Lipinski definition) is 2. The molecule has 2 aromatic carbocycles. The lowest BCUT2D eigenvalue weighted by Crippen LogP contribution is -2.40. The fraction of sp³-hybridized carbons (Fsp3) is 0.667. The Hall–Kier alpha value is -3.68. The van der Waals surface area contributed by atoms with Crippen LogP contribution in [0.25, 0.3) is 0 Å². The fourth-order valence-electron chi connectivity index (χ4n) is 8.12. The second-order valence-electron chi connectivity index (χ2n) is 15.7. The predicted octanol–water partition coefficient (Wildman–Crippen LogP) is 13.0. The van der Waals surface area contributed by atoms with E-state index in [1.165, 1.54) is 149 Å². The first-order chi connectivity index (χ1) is 27.3. The number of unbranched alkanes of at least 4 members (excludes halogenated alkanes) is 26. The number of methoxy groups -OCH3 is 2. The molecule has 56 heavy (non-hydrogen) atoms. The third-order valence-electron chi connectivity index (χ3n) is 11.4. The number of rotatable bonds is 35. The zero-order valence-corrected chi connectivity index (χ0v) is 35.0. The van der Waals surface area contributed by atoms with Crippen molar-refractivity contribution in [1.29, 1.82) is 0 Å². The summed E-state index contributed by atoms with van der Waals surface area (Å²) in [4.78, 5) is 49.5. The zero-order valence-electron chi connectivity index (χ0n) is 35.0. The molecule has 314 valence electrons. The van der Waals surface area contributed by atoms with Gasteiger partial charge in [0.25, 0.3) is 0 Å². The summed E-state index contributed by atoms with van der Waals surface area (Å²) in [6, 6.07) is 13.3. The molecule has 2 aromatic rings. The lowest BCUT2D eigenvalue weighted by Gasteiger charge is -2.33. The van der Waals surface area contributed by atoms with Crippen LogP contribution in [0.2, 0.25) is 0 Å². The molecular weight excluding hydrogens is 705 g/mol. The Morgan fingerprint density at radius 1 is 0.429 bits per heavy atom. The minimum absolute atomic E-state index is 0.175. The highest BCUT2D eigenvalue weighted by Gasteiger charge is 2.46. The van der Waals surface area contributed by atoms with Gasteiger partial charge < -0.3 is 19.7 Å². The smallest absolute Gasteiger partial charge is 0.338 e. The Balaban J connectivity index is 1.55. The molecule has 0 fully saturated rings. The topological polar surface area (TPSA) is 127 Å². The van der Waals surface area contributed by atoms with Crippen LogP contribution in [0.5, 0.6) is 0 Å². The van der Waals surface area contributed by atoms with E-state index in [0.29, 0.717) is 24.0 Å². The number of carbonyl (C=O) groups is 4. The summed E-state index contributed by atoms with van der Waals surface area (Å²) in [5.74, 6) is -3.02. The second kappa shape index (κ2) is 30.5. The van der Waals surface area contributed by atoms with Crippen LogP contribution in [-0.2, 0) is 24.5 Å². The van der Waals surface area contributed by atoms with Gasteiger partial charge in [-0.25, -0.2) is 9.59 Å². The van der Waals surface area contributed by atoms with Crippen molar-refractivity contribution in [2.75, 3.05) is 14.2 Å². The van der Waals surface area contributed by atoms with E-state index in [1.807, 2.05) is 0 Å². The molecule has 8 heteroatoms. The second-order valence-corrected chi connectivity index (χ2v) is 15.7. The average Bonchev–Trinajstić information content (AvgIpc) is 3.21. The Labute approximate surface area is 338 Å². The van der Waals surface area contributed by atoms with Gasteiger partial charge in [-0.1, -0.05) is 203 Å². The Morgan fingerprint density at radius 3 is 0.964 bits per heavy atom. The van der Waals surface area contributed by atoms with Gasteiger partial charge in [-0.15, -0.1) is 0 Å². The molecular formula is C48H74O8. The van der Waals surface area contributed by atoms with Crippen LogP contribution in [-0.4, -0.2) is 48.3 Å². The number of esters is 2. The van der Waals surface area contributed by atoms with Gasteiger partial charge in [0.2, 0.25) is 0 Å². The van der Waals surface area contributed by atoms with Gasteiger partial charge in [0, 0.05) is 6.42 Å². The van der Waals surface area contributed by atoms with Crippen molar-refractivity contribution in [1.82, 2.24) is 0 Å². The van der Waals surface area contributed by atoms with Crippen molar-refractivity contribution in [3.05, 3.63) is 70.8 Å². The summed E-state index contributed by atoms with van der Waals surface area (Å²) in [5, 5.41) is 19.6. The van der Waals surface area contributed by atoms with Crippen molar-refractivity contribution >= 4 is 23.9 Å².